The Labute approximate surface area is 124 Å². The van der Waals surface area contributed by atoms with E-state index in [1.165, 1.54) is 41.5 Å². The van der Waals surface area contributed by atoms with Crippen LogP contribution in [-0.2, 0) is 6.54 Å². The molecule has 0 unspecified atom stereocenters. The van der Waals surface area contributed by atoms with Gasteiger partial charge in [-0.2, -0.15) is 0 Å². The zero-order valence-electron chi connectivity index (χ0n) is 11.9. The van der Waals surface area contributed by atoms with E-state index in [0.29, 0.717) is 5.41 Å². The number of benzene rings is 1. The Hall–Kier alpha value is -0.540. The molecule has 1 saturated carbocycles. The van der Waals surface area contributed by atoms with Gasteiger partial charge in [-0.3, -0.25) is 0 Å². The fourth-order valence-electron chi connectivity index (χ4n) is 2.78. The third-order valence-corrected chi connectivity index (χ3v) is 4.84. The molecule has 104 valence electrons. The van der Waals surface area contributed by atoms with Crippen LogP contribution in [0.25, 0.3) is 0 Å². The molecule has 1 N–H and O–H groups in total. The van der Waals surface area contributed by atoms with Gasteiger partial charge in [-0.1, -0.05) is 19.9 Å². The lowest BCUT2D eigenvalue weighted by Crippen LogP contribution is -2.23. The maximum absolute atomic E-state index is 3.75. The summed E-state index contributed by atoms with van der Waals surface area (Å²) in [5.41, 5.74) is 3.17. The van der Waals surface area contributed by atoms with E-state index < -0.39 is 0 Å². The summed E-state index contributed by atoms with van der Waals surface area (Å²) in [6.45, 7) is 8.04. The molecule has 0 radical (unpaired) electrons. The summed E-state index contributed by atoms with van der Waals surface area (Å²) < 4.78 is 1.24. The fraction of sp³-hybridized carbons (Fsp3) is 0.625. The maximum atomic E-state index is 3.75. The first-order valence-corrected chi connectivity index (χ1v) is 8.10. The van der Waals surface area contributed by atoms with Crippen LogP contribution in [0.2, 0.25) is 0 Å². The molecule has 0 bridgehead atoms. The van der Waals surface area contributed by atoms with Crippen molar-refractivity contribution in [2.75, 3.05) is 18.0 Å². The molecule has 2 fully saturated rings. The molecule has 1 saturated heterocycles. The van der Waals surface area contributed by atoms with Gasteiger partial charge in [0.05, 0.1) is 5.69 Å². The highest BCUT2D eigenvalue weighted by atomic mass is 79.9. The van der Waals surface area contributed by atoms with Crippen LogP contribution < -0.4 is 10.2 Å². The van der Waals surface area contributed by atoms with Crippen LogP contribution in [0.5, 0.6) is 0 Å². The fourth-order valence-corrected chi connectivity index (χ4v) is 3.46. The van der Waals surface area contributed by atoms with Gasteiger partial charge in [0.25, 0.3) is 0 Å². The Morgan fingerprint density at radius 3 is 2.74 bits per heavy atom. The van der Waals surface area contributed by atoms with E-state index in [9.17, 15) is 0 Å². The Morgan fingerprint density at radius 2 is 2.16 bits per heavy atom. The minimum atomic E-state index is 0.450. The molecule has 2 aliphatic rings. The van der Waals surface area contributed by atoms with Crippen molar-refractivity contribution >= 4 is 21.6 Å². The molecule has 1 aliphatic carbocycles. The van der Waals surface area contributed by atoms with Crippen LogP contribution in [0, 0.1) is 5.41 Å². The lowest BCUT2D eigenvalue weighted by Gasteiger charge is -2.23. The number of halogens is 1. The van der Waals surface area contributed by atoms with E-state index in [2.05, 4.69) is 58.2 Å². The average molecular weight is 323 g/mol. The van der Waals surface area contributed by atoms with Crippen molar-refractivity contribution in [3.05, 3.63) is 28.2 Å². The lowest BCUT2D eigenvalue weighted by molar-refractivity contribution is 0.418. The second-order valence-corrected chi connectivity index (χ2v) is 7.63. The van der Waals surface area contributed by atoms with Gasteiger partial charge in [0, 0.05) is 30.1 Å². The molecule has 1 heterocycles. The molecule has 19 heavy (non-hydrogen) atoms. The predicted molar refractivity (Wildman–Crippen MR) is 84.6 cm³/mol. The van der Waals surface area contributed by atoms with Crippen LogP contribution in [0.3, 0.4) is 0 Å². The SMILES string of the molecule is CC1(C)CCN(c2ccc(CNC3CC3)cc2Br)C1. The van der Waals surface area contributed by atoms with Crippen molar-refractivity contribution in [3.8, 4) is 0 Å². The average Bonchev–Trinajstić information content (AvgIpc) is 3.11. The summed E-state index contributed by atoms with van der Waals surface area (Å²) in [7, 11) is 0. The molecule has 0 amide bonds. The summed E-state index contributed by atoms with van der Waals surface area (Å²) in [6, 6.07) is 7.59. The van der Waals surface area contributed by atoms with Gasteiger partial charge in [-0.15, -0.1) is 0 Å². The summed E-state index contributed by atoms with van der Waals surface area (Å²) in [5, 5.41) is 3.57. The van der Waals surface area contributed by atoms with E-state index in [4.69, 9.17) is 0 Å². The number of rotatable bonds is 4. The summed E-state index contributed by atoms with van der Waals surface area (Å²) in [4.78, 5) is 2.50. The van der Waals surface area contributed by atoms with Gasteiger partial charge in [0.15, 0.2) is 0 Å². The number of nitrogens with zero attached hydrogens (tertiary/aromatic N) is 1. The van der Waals surface area contributed by atoms with Gasteiger partial charge >= 0.3 is 0 Å². The summed E-state index contributed by atoms with van der Waals surface area (Å²) >= 11 is 3.75. The number of nitrogens with one attached hydrogen (secondary N) is 1. The minimum absolute atomic E-state index is 0.450. The smallest absolute Gasteiger partial charge is 0.0511 e. The van der Waals surface area contributed by atoms with E-state index in [1.54, 1.807) is 0 Å². The van der Waals surface area contributed by atoms with Crippen LogP contribution in [-0.4, -0.2) is 19.1 Å². The molecule has 0 atom stereocenters. The molecule has 2 nitrogen and oxygen atoms in total. The second kappa shape index (κ2) is 5.10. The topological polar surface area (TPSA) is 15.3 Å². The quantitative estimate of drug-likeness (QED) is 0.903. The summed E-state index contributed by atoms with van der Waals surface area (Å²) in [5.74, 6) is 0. The van der Waals surface area contributed by atoms with Crippen molar-refractivity contribution in [1.29, 1.82) is 0 Å². The highest BCUT2D eigenvalue weighted by molar-refractivity contribution is 9.10. The molecule has 1 aliphatic heterocycles. The normalized spacial score (nSPS) is 21.9. The monoisotopic (exact) mass is 322 g/mol. The first-order chi connectivity index (χ1) is 9.03. The first-order valence-electron chi connectivity index (χ1n) is 7.30. The summed E-state index contributed by atoms with van der Waals surface area (Å²) in [6.07, 6.45) is 3.98. The molecular weight excluding hydrogens is 300 g/mol. The largest absolute Gasteiger partial charge is 0.370 e. The number of anilines is 1. The third kappa shape index (κ3) is 3.32. The van der Waals surface area contributed by atoms with Crippen molar-refractivity contribution < 1.29 is 0 Å². The predicted octanol–water partition coefficient (Wildman–Crippen LogP) is 3.94. The molecule has 1 aromatic rings. The molecule has 0 aromatic heterocycles. The Morgan fingerprint density at radius 1 is 1.37 bits per heavy atom. The molecular formula is C16H23BrN2. The van der Waals surface area contributed by atoms with E-state index in [-0.39, 0.29) is 0 Å². The molecule has 3 heteroatoms. The Kier molecular flexibility index (Phi) is 3.61. The number of hydrogen-bond acceptors (Lipinski definition) is 2. The van der Waals surface area contributed by atoms with Crippen LogP contribution >= 0.6 is 15.9 Å². The zero-order valence-corrected chi connectivity index (χ0v) is 13.5. The van der Waals surface area contributed by atoms with Crippen LogP contribution in [0.1, 0.15) is 38.7 Å². The standard InChI is InChI=1S/C16H23BrN2/c1-16(2)7-8-19(11-16)15-6-3-12(9-14(15)17)10-18-13-4-5-13/h3,6,9,13,18H,4-5,7-8,10-11H2,1-2H3. The lowest BCUT2D eigenvalue weighted by atomic mass is 9.93. The van der Waals surface area contributed by atoms with Crippen molar-refractivity contribution in [2.45, 2.75) is 45.7 Å². The molecule has 3 rings (SSSR count). The van der Waals surface area contributed by atoms with Gasteiger partial charge in [-0.25, -0.2) is 0 Å². The molecule has 1 aromatic carbocycles. The van der Waals surface area contributed by atoms with Gasteiger partial charge in [0.1, 0.15) is 0 Å². The second-order valence-electron chi connectivity index (χ2n) is 6.78. The van der Waals surface area contributed by atoms with Crippen molar-refractivity contribution in [3.63, 3.8) is 0 Å². The van der Waals surface area contributed by atoms with Crippen molar-refractivity contribution in [1.82, 2.24) is 5.32 Å². The Bertz CT molecular complexity index is 466. The van der Waals surface area contributed by atoms with Crippen molar-refractivity contribution in [2.24, 2.45) is 5.41 Å². The zero-order chi connectivity index (χ0) is 13.5. The van der Waals surface area contributed by atoms with Crippen LogP contribution in [0.15, 0.2) is 22.7 Å². The maximum Gasteiger partial charge on any atom is 0.0511 e. The van der Waals surface area contributed by atoms with Gasteiger partial charge in [-0.05, 0) is 58.3 Å². The number of hydrogen-bond donors (Lipinski definition) is 1. The molecule has 0 spiro atoms. The van der Waals surface area contributed by atoms with E-state index >= 15 is 0 Å². The first kappa shape index (κ1) is 13.4. The van der Waals surface area contributed by atoms with E-state index in [1.807, 2.05) is 0 Å². The highest BCUT2D eigenvalue weighted by Gasteiger charge is 2.30. The van der Waals surface area contributed by atoms with E-state index in [0.717, 1.165) is 19.1 Å². The van der Waals surface area contributed by atoms with Gasteiger partial charge < -0.3 is 10.2 Å². The minimum Gasteiger partial charge on any atom is -0.370 e. The van der Waals surface area contributed by atoms with Gasteiger partial charge in [0.2, 0.25) is 0 Å². The third-order valence-electron chi connectivity index (χ3n) is 4.20. The Balaban J connectivity index is 1.68. The van der Waals surface area contributed by atoms with Crippen LogP contribution in [0.4, 0.5) is 5.69 Å². The highest BCUT2D eigenvalue weighted by Crippen LogP contribution is 2.36.